The molecule has 0 N–H and O–H groups in total. The van der Waals surface area contributed by atoms with Gasteiger partial charge in [-0.2, -0.15) is 0 Å². The maximum Gasteiger partial charge on any atom is 0.338 e. The molecule has 0 aliphatic heterocycles. The molecule has 33 heavy (non-hydrogen) atoms. The van der Waals surface area contributed by atoms with Gasteiger partial charge >= 0.3 is 5.97 Å². The Morgan fingerprint density at radius 1 is 0.879 bits per heavy atom. The maximum atomic E-state index is 12.6. The molecule has 1 aromatic heterocycles. The molecule has 1 atom stereocenters. The third-order valence-corrected chi connectivity index (χ3v) is 5.27. The lowest BCUT2D eigenvalue weighted by molar-refractivity contribution is -0.126. The van der Waals surface area contributed by atoms with Gasteiger partial charge in [0.25, 0.3) is 5.91 Å². The summed E-state index contributed by atoms with van der Waals surface area (Å²) in [6.45, 7) is 3.53. The van der Waals surface area contributed by atoms with Crippen molar-refractivity contribution in [1.29, 1.82) is 0 Å². The van der Waals surface area contributed by atoms with E-state index in [2.05, 4.69) is 10.2 Å². The SMILES string of the molecule is Cc1ccccc1-c1nnc(-c2ccc(C(=O)OC(C)C(=O)N(C)c3ccccc3)cc2)o1. The Balaban J connectivity index is 1.42. The summed E-state index contributed by atoms with van der Waals surface area (Å²) in [5, 5.41) is 8.25. The van der Waals surface area contributed by atoms with E-state index in [1.54, 1.807) is 38.2 Å². The first-order valence-electron chi connectivity index (χ1n) is 10.5. The number of hydrogen-bond donors (Lipinski definition) is 0. The molecule has 1 amide bonds. The van der Waals surface area contributed by atoms with E-state index < -0.39 is 12.1 Å². The van der Waals surface area contributed by atoms with E-state index in [0.717, 1.165) is 16.8 Å². The number of carbonyl (C=O) groups excluding carboxylic acids is 2. The van der Waals surface area contributed by atoms with Gasteiger partial charge in [-0.25, -0.2) is 4.79 Å². The van der Waals surface area contributed by atoms with Gasteiger partial charge in [0.05, 0.1) is 5.56 Å². The predicted molar refractivity (Wildman–Crippen MR) is 125 cm³/mol. The predicted octanol–water partition coefficient (Wildman–Crippen LogP) is 4.92. The zero-order chi connectivity index (χ0) is 23.4. The average Bonchev–Trinajstić information content (AvgIpc) is 3.34. The van der Waals surface area contributed by atoms with Crippen molar-refractivity contribution in [3.63, 3.8) is 0 Å². The largest absolute Gasteiger partial charge is 0.449 e. The molecular formula is C26H23N3O4. The van der Waals surface area contributed by atoms with Gasteiger partial charge < -0.3 is 14.1 Å². The van der Waals surface area contributed by atoms with Crippen molar-refractivity contribution in [2.45, 2.75) is 20.0 Å². The van der Waals surface area contributed by atoms with Crippen LogP contribution in [0.4, 0.5) is 5.69 Å². The number of amides is 1. The van der Waals surface area contributed by atoms with Gasteiger partial charge in [0.2, 0.25) is 11.8 Å². The number of carbonyl (C=O) groups is 2. The summed E-state index contributed by atoms with van der Waals surface area (Å²) in [5.74, 6) is -0.126. The molecule has 4 rings (SSSR count). The lowest BCUT2D eigenvalue weighted by Crippen LogP contribution is -2.37. The molecule has 4 aromatic rings. The summed E-state index contributed by atoms with van der Waals surface area (Å²) in [6.07, 6.45) is -0.935. The Labute approximate surface area is 191 Å². The fourth-order valence-corrected chi connectivity index (χ4v) is 3.34. The van der Waals surface area contributed by atoms with E-state index in [0.29, 0.717) is 22.9 Å². The Morgan fingerprint density at radius 3 is 2.21 bits per heavy atom. The van der Waals surface area contributed by atoms with Crippen LogP contribution in [0.3, 0.4) is 0 Å². The van der Waals surface area contributed by atoms with Crippen LogP contribution in [0.1, 0.15) is 22.8 Å². The lowest BCUT2D eigenvalue weighted by Gasteiger charge is -2.21. The van der Waals surface area contributed by atoms with Crippen LogP contribution in [-0.4, -0.2) is 35.2 Å². The van der Waals surface area contributed by atoms with Crippen LogP contribution in [0.15, 0.2) is 83.3 Å². The standard InChI is InChI=1S/C26H23N3O4/c1-17-9-7-8-12-22(17)24-28-27-23(33-24)19-13-15-20(16-14-19)26(31)32-18(2)25(30)29(3)21-10-5-4-6-11-21/h4-16,18H,1-3H3. The van der Waals surface area contributed by atoms with Crippen molar-refractivity contribution >= 4 is 17.6 Å². The highest BCUT2D eigenvalue weighted by Crippen LogP contribution is 2.26. The fraction of sp³-hybridized carbons (Fsp3) is 0.154. The molecule has 1 heterocycles. The van der Waals surface area contributed by atoms with E-state index in [9.17, 15) is 9.59 Å². The van der Waals surface area contributed by atoms with E-state index in [1.807, 2.05) is 61.5 Å². The van der Waals surface area contributed by atoms with Gasteiger partial charge in [-0.05, 0) is 61.9 Å². The van der Waals surface area contributed by atoms with Crippen LogP contribution < -0.4 is 4.90 Å². The van der Waals surface area contributed by atoms with E-state index >= 15 is 0 Å². The number of hydrogen-bond acceptors (Lipinski definition) is 6. The van der Waals surface area contributed by atoms with Gasteiger partial charge in [0, 0.05) is 23.9 Å². The van der Waals surface area contributed by atoms with Gasteiger partial charge in [0.15, 0.2) is 6.10 Å². The number of aryl methyl sites for hydroxylation is 1. The highest BCUT2D eigenvalue weighted by atomic mass is 16.5. The summed E-state index contributed by atoms with van der Waals surface area (Å²) >= 11 is 0. The molecule has 0 aliphatic carbocycles. The van der Waals surface area contributed by atoms with E-state index in [1.165, 1.54) is 4.90 Å². The summed E-state index contributed by atoms with van der Waals surface area (Å²) < 4.78 is 11.2. The first kappa shape index (κ1) is 22.0. The number of rotatable bonds is 6. The van der Waals surface area contributed by atoms with Crippen LogP contribution >= 0.6 is 0 Å². The highest BCUT2D eigenvalue weighted by molar-refractivity contribution is 5.98. The molecule has 0 spiro atoms. The molecule has 0 radical (unpaired) electrons. The smallest absolute Gasteiger partial charge is 0.338 e. The minimum Gasteiger partial charge on any atom is -0.449 e. The Bertz CT molecular complexity index is 1270. The topological polar surface area (TPSA) is 85.5 Å². The van der Waals surface area contributed by atoms with Gasteiger partial charge in [0.1, 0.15) is 0 Å². The second-order valence-electron chi connectivity index (χ2n) is 7.58. The first-order valence-corrected chi connectivity index (χ1v) is 10.5. The third-order valence-electron chi connectivity index (χ3n) is 5.27. The molecule has 0 aliphatic rings. The molecule has 0 fully saturated rings. The number of ether oxygens (including phenoxy) is 1. The monoisotopic (exact) mass is 441 g/mol. The summed E-state index contributed by atoms with van der Waals surface area (Å²) in [4.78, 5) is 26.6. The van der Waals surface area contributed by atoms with Crippen molar-refractivity contribution in [3.05, 3.63) is 90.0 Å². The second-order valence-corrected chi connectivity index (χ2v) is 7.58. The molecule has 0 saturated heterocycles. The summed E-state index contributed by atoms with van der Waals surface area (Å²) in [6, 6.07) is 23.5. The second kappa shape index (κ2) is 9.48. The molecular weight excluding hydrogens is 418 g/mol. The molecule has 1 unspecified atom stereocenters. The van der Waals surface area contributed by atoms with Crippen molar-refractivity contribution in [1.82, 2.24) is 10.2 Å². The van der Waals surface area contributed by atoms with Gasteiger partial charge in [-0.15, -0.1) is 10.2 Å². The maximum absolute atomic E-state index is 12.6. The Kier molecular flexibility index (Phi) is 6.31. The fourth-order valence-electron chi connectivity index (χ4n) is 3.34. The number of esters is 1. The Morgan fingerprint density at radius 2 is 1.52 bits per heavy atom. The van der Waals surface area contributed by atoms with Crippen LogP contribution in [0.2, 0.25) is 0 Å². The third kappa shape index (κ3) is 4.82. The Hall–Kier alpha value is -4.26. The number of para-hydroxylation sites is 1. The average molecular weight is 441 g/mol. The zero-order valence-electron chi connectivity index (χ0n) is 18.6. The molecule has 166 valence electrons. The minimum atomic E-state index is -0.935. The number of aromatic nitrogens is 2. The number of benzene rings is 3. The molecule has 3 aromatic carbocycles. The molecule has 7 heteroatoms. The van der Waals surface area contributed by atoms with Gasteiger partial charge in [-0.1, -0.05) is 36.4 Å². The lowest BCUT2D eigenvalue weighted by atomic mass is 10.1. The highest BCUT2D eigenvalue weighted by Gasteiger charge is 2.23. The van der Waals surface area contributed by atoms with Crippen molar-refractivity contribution in [2.75, 3.05) is 11.9 Å². The summed E-state index contributed by atoms with van der Waals surface area (Å²) in [7, 11) is 1.65. The quantitative estimate of drug-likeness (QED) is 0.395. The van der Waals surface area contributed by atoms with Crippen molar-refractivity contribution in [3.8, 4) is 22.9 Å². The molecule has 0 saturated carbocycles. The normalized spacial score (nSPS) is 11.6. The van der Waals surface area contributed by atoms with E-state index in [-0.39, 0.29) is 5.91 Å². The first-order chi connectivity index (χ1) is 15.9. The van der Waals surface area contributed by atoms with E-state index in [4.69, 9.17) is 9.15 Å². The summed E-state index contributed by atoms with van der Waals surface area (Å²) in [5.41, 5.74) is 3.62. The van der Waals surface area contributed by atoms with Crippen LogP contribution in [0.5, 0.6) is 0 Å². The zero-order valence-corrected chi connectivity index (χ0v) is 18.6. The number of likely N-dealkylation sites (N-methyl/N-ethyl adjacent to an activating group) is 1. The number of nitrogens with zero attached hydrogens (tertiary/aromatic N) is 3. The van der Waals surface area contributed by atoms with Crippen LogP contribution in [0, 0.1) is 6.92 Å². The molecule has 7 nitrogen and oxygen atoms in total. The van der Waals surface area contributed by atoms with Crippen molar-refractivity contribution in [2.24, 2.45) is 0 Å². The van der Waals surface area contributed by atoms with Crippen LogP contribution in [-0.2, 0) is 9.53 Å². The van der Waals surface area contributed by atoms with Crippen LogP contribution in [0.25, 0.3) is 22.9 Å². The van der Waals surface area contributed by atoms with Crippen molar-refractivity contribution < 1.29 is 18.7 Å². The molecule has 0 bridgehead atoms. The number of anilines is 1. The van der Waals surface area contributed by atoms with Gasteiger partial charge in [-0.3, -0.25) is 4.79 Å². The minimum absolute atomic E-state index is 0.319.